The number of benzene rings is 2. The van der Waals surface area contributed by atoms with Gasteiger partial charge in [0.1, 0.15) is 5.75 Å². The highest BCUT2D eigenvalue weighted by atomic mass is 32.2. The van der Waals surface area contributed by atoms with E-state index < -0.39 is 6.23 Å². The van der Waals surface area contributed by atoms with E-state index in [-0.39, 0.29) is 5.91 Å². The van der Waals surface area contributed by atoms with E-state index >= 15 is 0 Å². The zero-order valence-corrected chi connectivity index (χ0v) is 18.1. The number of ether oxygens (including phenoxy) is 2. The Bertz CT molecular complexity index is 1100. The molecule has 1 aliphatic rings. The lowest BCUT2D eigenvalue weighted by atomic mass is 10.1. The number of amides is 1. The summed E-state index contributed by atoms with van der Waals surface area (Å²) in [6.07, 6.45) is 1.06. The van der Waals surface area contributed by atoms with Crippen molar-refractivity contribution in [3.05, 3.63) is 66.7 Å². The molecule has 2 heterocycles. The number of carbonyl (C=O) groups excluding carboxylic acids is 1. The maximum Gasteiger partial charge on any atom is 0.247 e. The van der Waals surface area contributed by atoms with Crippen LogP contribution in [0, 0.1) is 0 Å². The second kappa shape index (κ2) is 9.18. The Kier molecular flexibility index (Phi) is 6.18. The van der Waals surface area contributed by atoms with Gasteiger partial charge >= 0.3 is 0 Å². The first-order valence-corrected chi connectivity index (χ1v) is 10.9. The van der Waals surface area contributed by atoms with Crippen LogP contribution in [0.25, 0.3) is 11.3 Å². The number of nitrogens with zero attached hydrogens (tertiary/aromatic N) is 4. The molecule has 0 aliphatic carbocycles. The largest absolute Gasteiger partial charge is 0.494 e. The van der Waals surface area contributed by atoms with Crippen LogP contribution in [0.15, 0.2) is 66.3 Å². The summed E-state index contributed by atoms with van der Waals surface area (Å²) < 4.78 is 11.9. The third-order valence-electron chi connectivity index (χ3n) is 4.66. The number of hydrogen-bond acceptors (Lipinski definition) is 7. The smallest absolute Gasteiger partial charge is 0.247 e. The first-order chi connectivity index (χ1) is 15.1. The van der Waals surface area contributed by atoms with Gasteiger partial charge in [0.05, 0.1) is 12.3 Å². The first kappa shape index (κ1) is 20.9. The summed E-state index contributed by atoms with van der Waals surface area (Å²) in [6.45, 7) is 7.75. The summed E-state index contributed by atoms with van der Waals surface area (Å²) in [7, 11) is 0. The fourth-order valence-corrected chi connectivity index (χ4v) is 3.87. The number of rotatable bonds is 6. The molecule has 8 heteroatoms. The molecule has 0 saturated heterocycles. The van der Waals surface area contributed by atoms with Gasteiger partial charge < -0.3 is 9.47 Å². The van der Waals surface area contributed by atoms with Crippen LogP contribution in [-0.2, 0) is 4.79 Å². The van der Waals surface area contributed by atoms with Gasteiger partial charge in [-0.1, -0.05) is 36.0 Å². The van der Waals surface area contributed by atoms with Crippen LogP contribution in [0.4, 0.5) is 5.69 Å². The van der Waals surface area contributed by atoms with Crippen molar-refractivity contribution in [2.45, 2.75) is 25.2 Å². The Labute approximate surface area is 185 Å². The van der Waals surface area contributed by atoms with Crippen LogP contribution in [0.3, 0.4) is 0 Å². The molecule has 0 radical (unpaired) electrons. The predicted octanol–water partition coefficient (Wildman–Crippen LogP) is 4.66. The average Bonchev–Trinajstić information content (AvgIpc) is 2.92. The van der Waals surface area contributed by atoms with E-state index in [1.807, 2.05) is 55.5 Å². The van der Waals surface area contributed by atoms with Gasteiger partial charge in [-0.05, 0) is 37.3 Å². The van der Waals surface area contributed by atoms with E-state index in [0.717, 1.165) is 16.9 Å². The number of anilines is 1. The molecule has 1 aromatic heterocycles. The molecule has 0 fully saturated rings. The number of aromatic nitrogens is 3. The molecule has 1 amide bonds. The summed E-state index contributed by atoms with van der Waals surface area (Å²) >= 11 is 1.41. The molecule has 0 bridgehead atoms. The van der Waals surface area contributed by atoms with E-state index in [4.69, 9.17) is 9.47 Å². The summed E-state index contributed by atoms with van der Waals surface area (Å²) in [5.41, 5.74) is 2.72. The number of para-hydroxylation sites is 1. The van der Waals surface area contributed by atoms with Crippen LogP contribution in [0.2, 0.25) is 0 Å². The van der Waals surface area contributed by atoms with Crippen LogP contribution >= 0.6 is 11.8 Å². The first-order valence-electron chi connectivity index (χ1n) is 9.89. The van der Waals surface area contributed by atoms with E-state index in [1.165, 1.54) is 18.7 Å². The number of thioether (sulfide) groups is 1. The fourth-order valence-electron chi connectivity index (χ4n) is 3.36. The predicted molar refractivity (Wildman–Crippen MR) is 120 cm³/mol. The monoisotopic (exact) mass is 434 g/mol. The van der Waals surface area contributed by atoms with Crippen LogP contribution in [0.1, 0.15) is 25.6 Å². The highest BCUT2D eigenvalue weighted by molar-refractivity contribution is 7.99. The van der Waals surface area contributed by atoms with Gasteiger partial charge in [-0.25, -0.2) is 0 Å². The van der Waals surface area contributed by atoms with Crippen molar-refractivity contribution >= 4 is 23.4 Å². The minimum Gasteiger partial charge on any atom is -0.494 e. The summed E-state index contributed by atoms with van der Waals surface area (Å²) in [6, 6.07) is 15.0. The van der Waals surface area contributed by atoms with E-state index in [2.05, 4.69) is 21.8 Å². The molecule has 0 N–H and O–H groups in total. The van der Waals surface area contributed by atoms with E-state index in [1.54, 1.807) is 11.0 Å². The second-order valence-corrected chi connectivity index (χ2v) is 7.71. The topological polar surface area (TPSA) is 77.4 Å². The maximum atomic E-state index is 12.8. The van der Waals surface area contributed by atoms with Gasteiger partial charge in [0.2, 0.25) is 23.2 Å². The third kappa shape index (κ3) is 4.25. The van der Waals surface area contributed by atoms with Crippen molar-refractivity contribution in [1.29, 1.82) is 0 Å². The molecule has 4 rings (SSSR count). The highest BCUT2D eigenvalue weighted by Gasteiger charge is 2.34. The van der Waals surface area contributed by atoms with Gasteiger partial charge in [-0.15, -0.1) is 16.8 Å². The van der Waals surface area contributed by atoms with Crippen molar-refractivity contribution in [2.24, 2.45) is 0 Å². The molecule has 7 nitrogen and oxygen atoms in total. The van der Waals surface area contributed by atoms with Gasteiger partial charge in [-0.2, -0.15) is 4.98 Å². The summed E-state index contributed by atoms with van der Waals surface area (Å²) in [5.74, 6) is 1.58. The molecular weight excluding hydrogens is 412 g/mol. The standard InChI is InChI=1S/C23H22N4O3S/c1-4-14-31-23-24-21-20(25-26-23)18-8-6-7-9-19(18)27(15(3)28)22(30-21)16-10-12-17(13-11-16)29-5-2/h4,6-13,22H,1,5,14H2,2-3H3/t22-/m0/s1. The van der Waals surface area contributed by atoms with Crippen molar-refractivity contribution in [3.63, 3.8) is 0 Å². The van der Waals surface area contributed by atoms with Crippen molar-refractivity contribution < 1.29 is 14.3 Å². The molecule has 1 aliphatic heterocycles. The maximum absolute atomic E-state index is 12.8. The van der Waals surface area contributed by atoms with Gasteiger partial charge in [-0.3, -0.25) is 9.69 Å². The van der Waals surface area contributed by atoms with E-state index in [9.17, 15) is 4.79 Å². The van der Waals surface area contributed by atoms with Gasteiger partial charge in [0.25, 0.3) is 0 Å². The van der Waals surface area contributed by atoms with Crippen molar-refractivity contribution in [2.75, 3.05) is 17.3 Å². The third-order valence-corrected chi connectivity index (χ3v) is 5.49. The minimum absolute atomic E-state index is 0.159. The van der Waals surface area contributed by atoms with Crippen molar-refractivity contribution in [3.8, 4) is 22.9 Å². The summed E-state index contributed by atoms with van der Waals surface area (Å²) in [4.78, 5) is 19.0. The molecule has 2 aromatic carbocycles. The molecule has 3 aromatic rings. The van der Waals surface area contributed by atoms with Crippen LogP contribution < -0.4 is 14.4 Å². The lowest BCUT2D eigenvalue weighted by Gasteiger charge is -2.30. The SMILES string of the molecule is C=CCSc1nnc2c(n1)O[C@@H](c1ccc(OCC)cc1)N(C(C)=O)c1ccccc1-2. The lowest BCUT2D eigenvalue weighted by Crippen LogP contribution is -2.36. The van der Waals surface area contributed by atoms with Crippen molar-refractivity contribution in [1.82, 2.24) is 15.2 Å². The molecule has 0 unspecified atom stereocenters. The van der Waals surface area contributed by atoms with E-state index in [0.29, 0.717) is 34.8 Å². The van der Waals surface area contributed by atoms with Crippen LogP contribution in [-0.4, -0.2) is 33.4 Å². The zero-order chi connectivity index (χ0) is 21.8. The molecule has 1 atom stereocenters. The lowest BCUT2D eigenvalue weighted by molar-refractivity contribution is -0.118. The fraction of sp³-hybridized carbons (Fsp3) is 0.217. The molecular formula is C23H22N4O3S. The Morgan fingerprint density at radius 3 is 2.71 bits per heavy atom. The number of carbonyl (C=O) groups is 1. The second-order valence-electron chi connectivity index (χ2n) is 6.73. The Hall–Kier alpha value is -3.39. The zero-order valence-electron chi connectivity index (χ0n) is 17.3. The number of hydrogen-bond donors (Lipinski definition) is 0. The van der Waals surface area contributed by atoms with Crippen LogP contribution in [0.5, 0.6) is 11.6 Å². The van der Waals surface area contributed by atoms with Gasteiger partial charge in [0.15, 0.2) is 5.69 Å². The Morgan fingerprint density at radius 1 is 1.23 bits per heavy atom. The quantitative estimate of drug-likeness (QED) is 0.412. The molecule has 31 heavy (non-hydrogen) atoms. The average molecular weight is 435 g/mol. The Balaban J connectivity index is 1.85. The Morgan fingerprint density at radius 2 is 2.00 bits per heavy atom. The molecule has 158 valence electrons. The summed E-state index contributed by atoms with van der Waals surface area (Å²) in [5, 5.41) is 9.09. The number of fused-ring (bicyclic) bond motifs is 3. The highest BCUT2D eigenvalue weighted by Crippen LogP contribution is 2.43. The molecule has 0 saturated carbocycles. The molecule has 0 spiro atoms. The van der Waals surface area contributed by atoms with Gasteiger partial charge in [0, 0.05) is 23.8 Å². The minimum atomic E-state index is -0.718. The normalized spacial score (nSPS) is 14.6.